The molecule has 0 radical (unpaired) electrons. The number of carbonyl (C=O) groups is 1. The zero-order valence-electron chi connectivity index (χ0n) is 14.6. The molecule has 26 heavy (non-hydrogen) atoms. The van der Waals surface area contributed by atoms with Crippen LogP contribution in [0.4, 0.5) is 4.39 Å². The van der Waals surface area contributed by atoms with Crippen LogP contribution < -0.4 is 15.0 Å². The van der Waals surface area contributed by atoms with Gasteiger partial charge in [-0.15, -0.1) is 0 Å². The predicted octanol–water partition coefficient (Wildman–Crippen LogP) is 0.977. The second kappa shape index (κ2) is 9.31. The monoisotopic (exact) mass is 359 g/mol. The van der Waals surface area contributed by atoms with E-state index in [2.05, 4.69) is 5.32 Å². The van der Waals surface area contributed by atoms with E-state index in [0.29, 0.717) is 0 Å². The number of ether oxygens (including phenoxy) is 2. The maximum atomic E-state index is 13.6. The lowest BCUT2D eigenvalue weighted by atomic mass is 10.1. The van der Waals surface area contributed by atoms with Crippen molar-refractivity contribution in [2.75, 3.05) is 39.5 Å². The van der Waals surface area contributed by atoms with E-state index in [1.807, 2.05) is 30.3 Å². The Morgan fingerprint density at radius 3 is 2.54 bits per heavy atom. The number of morpholine rings is 1. The molecule has 1 amide bonds. The van der Waals surface area contributed by atoms with E-state index in [1.54, 1.807) is 12.1 Å². The Labute approximate surface area is 152 Å². The van der Waals surface area contributed by atoms with Crippen molar-refractivity contribution in [3.05, 3.63) is 66.0 Å². The molecule has 1 saturated heterocycles. The van der Waals surface area contributed by atoms with Crippen LogP contribution >= 0.6 is 0 Å². The van der Waals surface area contributed by atoms with Gasteiger partial charge in [0, 0.05) is 0 Å². The quantitative estimate of drug-likeness (QED) is 0.775. The lowest BCUT2D eigenvalue weighted by Crippen LogP contribution is -3.14. The fourth-order valence-electron chi connectivity index (χ4n) is 3.03. The summed E-state index contributed by atoms with van der Waals surface area (Å²) >= 11 is 0. The highest BCUT2D eigenvalue weighted by molar-refractivity contribution is 5.78. The molecule has 0 aromatic heterocycles. The zero-order valence-corrected chi connectivity index (χ0v) is 14.6. The molecule has 5 nitrogen and oxygen atoms in total. The second-order valence-corrected chi connectivity index (χ2v) is 6.32. The molecule has 0 aliphatic carbocycles. The van der Waals surface area contributed by atoms with E-state index in [0.717, 1.165) is 38.4 Å². The molecule has 2 aromatic rings. The summed E-state index contributed by atoms with van der Waals surface area (Å²) in [6.45, 7) is 3.87. The first-order valence-corrected chi connectivity index (χ1v) is 8.85. The molecule has 2 aromatic carbocycles. The number of quaternary nitrogens is 1. The van der Waals surface area contributed by atoms with Crippen LogP contribution in [-0.4, -0.2) is 45.4 Å². The summed E-state index contributed by atoms with van der Waals surface area (Å²) in [6, 6.07) is 15.8. The number of halogens is 1. The summed E-state index contributed by atoms with van der Waals surface area (Å²) in [5.74, 6) is -0.662. The van der Waals surface area contributed by atoms with Gasteiger partial charge in [0.2, 0.25) is 0 Å². The van der Waals surface area contributed by atoms with Gasteiger partial charge in [-0.05, 0) is 17.7 Å². The van der Waals surface area contributed by atoms with Crippen molar-refractivity contribution in [1.82, 2.24) is 5.32 Å². The van der Waals surface area contributed by atoms with Crippen molar-refractivity contribution in [3.8, 4) is 5.75 Å². The van der Waals surface area contributed by atoms with Crippen molar-refractivity contribution < 1.29 is 23.6 Å². The maximum absolute atomic E-state index is 13.6. The highest BCUT2D eigenvalue weighted by Gasteiger charge is 2.23. The first-order chi connectivity index (χ1) is 12.7. The molecule has 2 N–H and O–H groups in total. The molecular formula is C20H24FN2O3+. The number of hydrogen-bond donors (Lipinski definition) is 2. The average molecular weight is 359 g/mol. The molecule has 0 unspecified atom stereocenters. The number of carbonyl (C=O) groups excluding carboxylic acids is 1. The Kier molecular flexibility index (Phi) is 6.57. The summed E-state index contributed by atoms with van der Waals surface area (Å²) in [7, 11) is 0. The minimum atomic E-state index is -0.474. The minimum absolute atomic E-state index is 0.0812. The van der Waals surface area contributed by atoms with Crippen molar-refractivity contribution in [1.29, 1.82) is 0 Å². The average Bonchev–Trinajstić information content (AvgIpc) is 2.68. The summed E-state index contributed by atoms with van der Waals surface area (Å²) in [5.41, 5.74) is 1.05. The summed E-state index contributed by atoms with van der Waals surface area (Å²) in [6.07, 6.45) is 0. The largest absolute Gasteiger partial charge is 0.481 e. The fourth-order valence-corrected chi connectivity index (χ4v) is 3.03. The summed E-state index contributed by atoms with van der Waals surface area (Å²) < 4.78 is 24.3. The third-order valence-electron chi connectivity index (χ3n) is 4.43. The van der Waals surface area contributed by atoms with Crippen molar-refractivity contribution in [3.63, 3.8) is 0 Å². The summed E-state index contributed by atoms with van der Waals surface area (Å²) in [5, 5.41) is 3.02. The molecule has 0 saturated carbocycles. The van der Waals surface area contributed by atoms with Crippen LogP contribution in [0.5, 0.6) is 5.75 Å². The molecule has 0 bridgehead atoms. The third-order valence-corrected chi connectivity index (χ3v) is 4.43. The molecular weight excluding hydrogens is 335 g/mol. The van der Waals surface area contributed by atoms with Gasteiger partial charge >= 0.3 is 0 Å². The predicted molar refractivity (Wildman–Crippen MR) is 95.6 cm³/mol. The van der Waals surface area contributed by atoms with E-state index in [9.17, 15) is 9.18 Å². The molecule has 6 heteroatoms. The Morgan fingerprint density at radius 2 is 1.81 bits per heavy atom. The molecule has 138 valence electrons. The lowest BCUT2D eigenvalue weighted by molar-refractivity contribution is -0.909. The number of amides is 1. The van der Waals surface area contributed by atoms with Crippen molar-refractivity contribution in [2.24, 2.45) is 0 Å². The standard InChI is InChI=1S/C20H23FN2O3/c21-17-8-4-5-9-19(17)26-15-20(24)22-18(16-6-2-1-3-7-16)14-23-10-12-25-13-11-23/h1-9,18H,10-15H2,(H,22,24)/p+1/t18-/m0/s1. The molecule has 1 atom stereocenters. The second-order valence-electron chi connectivity index (χ2n) is 6.32. The number of rotatable bonds is 7. The number of para-hydroxylation sites is 1. The van der Waals surface area contributed by atoms with E-state index in [1.165, 1.54) is 17.0 Å². The zero-order chi connectivity index (χ0) is 18.2. The van der Waals surface area contributed by atoms with Gasteiger partial charge in [0.1, 0.15) is 25.7 Å². The Balaban J connectivity index is 1.61. The van der Waals surface area contributed by atoms with Crippen molar-refractivity contribution >= 4 is 5.91 Å². The Morgan fingerprint density at radius 1 is 1.12 bits per heavy atom. The Bertz CT molecular complexity index is 705. The third kappa shape index (κ3) is 5.28. The highest BCUT2D eigenvalue weighted by Crippen LogP contribution is 2.15. The minimum Gasteiger partial charge on any atom is -0.481 e. The lowest BCUT2D eigenvalue weighted by Gasteiger charge is -2.28. The van der Waals surface area contributed by atoms with Gasteiger partial charge in [0.25, 0.3) is 5.91 Å². The first-order valence-electron chi connectivity index (χ1n) is 8.85. The smallest absolute Gasteiger partial charge is 0.258 e. The van der Waals surface area contributed by atoms with Gasteiger partial charge in [-0.3, -0.25) is 4.79 Å². The number of hydrogen-bond acceptors (Lipinski definition) is 3. The molecule has 1 aliphatic heterocycles. The van der Waals surface area contributed by atoms with Crippen LogP contribution in [0.1, 0.15) is 11.6 Å². The van der Waals surface area contributed by atoms with Crippen LogP contribution in [0.25, 0.3) is 0 Å². The molecule has 0 spiro atoms. The van der Waals surface area contributed by atoms with Gasteiger partial charge in [-0.25, -0.2) is 4.39 Å². The van der Waals surface area contributed by atoms with Gasteiger partial charge in [0.15, 0.2) is 18.2 Å². The molecule has 1 fully saturated rings. The van der Waals surface area contributed by atoms with Gasteiger partial charge < -0.3 is 19.7 Å². The number of benzene rings is 2. The van der Waals surface area contributed by atoms with Crippen LogP contribution in [0.3, 0.4) is 0 Å². The van der Waals surface area contributed by atoms with E-state index >= 15 is 0 Å². The summed E-state index contributed by atoms with van der Waals surface area (Å²) in [4.78, 5) is 13.7. The van der Waals surface area contributed by atoms with Crippen LogP contribution in [0.2, 0.25) is 0 Å². The number of nitrogens with one attached hydrogen (secondary N) is 2. The van der Waals surface area contributed by atoms with Crippen LogP contribution in [-0.2, 0) is 9.53 Å². The maximum Gasteiger partial charge on any atom is 0.258 e. The molecule has 1 aliphatic rings. The van der Waals surface area contributed by atoms with Gasteiger partial charge in [-0.2, -0.15) is 0 Å². The Hall–Kier alpha value is -2.44. The normalized spacial score (nSPS) is 16.0. The highest BCUT2D eigenvalue weighted by atomic mass is 19.1. The van der Waals surface area contributed by atoms with Gasteiger partial charge in [0.05, 0.1) is 13.2 Å². The van der Waals surface area contributed by atoms with Crippen LogP contribution in [0, 0.1) is 5.82 Å². The van der Waals surface area contributed by atoms with E-state index in [-0.39, 0.29) is 24.3 Å². The van der Waals surface area contributed by atoms with Crippen LogP contribution in [0.15, 0.2) is 54.6 Å². The first kappa shape index (κ1) is 18.4. The molecule has 1 heterocycles. The van der Waals surface area contributed by atoms with E-state index < -0.39 is 5.82 Å². The fraction of sp³-hybridized carbons (Fsp3) is 0.350. The topological polar surface area (TPSA) is 52.0 Å². The molecule has 3 rings (SSSR count). The van der Waals surface area contributed by atoms with Gasteiger partial charge in [-0.1, -0.05) is 42.5 Å². The van der Waals surface area contributed by atoms with E-state index in [4.69, 9.17) is 9.47 Å². The van der Waals surface area contributed by atoms with Crippen molar-refractivity contribution in [2.45, 2.75) is 6.04 Å². The SMILES string of the molecule is O=C(COc1ccccc1F)N[C@@H](C[NH+]1CCOCC1)c1ccccc1.